The van der Waals surface area contributed by atoms with Crippen LogP contribution in [0.5, 0.6) is 0 Å². The monoisotopic (exact) mass is 261 g/mol. The molecule has 1 unspecified atom stereocenters. The number of carbonyl (C=O) groups is 1. The summed E-state index contributed by atoms with van der Waals surface area (Å²) >= 11 is 0. The molecule has 0 radical (unpaired) electrons. The Labute approximate surface area is 108 Å². The molecule has 0 saturated carbocycles. The summed E-state index contributed by atoms with van der Waals surface area (Å²) in [5.41, 5.74) is 0.467. The van der Waals surface area contributed by atoms with Gasteiger partial charge in [-0.3, -0.25) is 19.9 Å². The van der Waals surface area contributed by atoms with E-state index in [-0.39, 0.29) is 5.69 Å². The molecular weight excluding hydrogens is 250 g/mol. The number of hydrogen-bond acceptors (Lipinski definition) is 5. The van der Waals surface area contributed by atoms with Crippen LogP contribution < -0.4 is 5.32 Å². The summed E-state index contributed by atoms with van der Waals surface area (Å²) in [5.74, 6) is -1.00. The van der Waals surface area contributed by atoms with E-state index in [4.69, 9.17) is 5.11 Å². The van der Waals surface area contributed by atoms with Crippen LogP contribution in [0.4, 0.5) is 11.4 Å². The minimum atomic E-state index is -1.00. The van der Waals surface area contributed by atoms with Crippen molar-refractivity contribution in [1.29, 1.82) is 0 Å². The van der Waals surface area contributed by atoms with Crippen molar-refractivity contribution in [2.75, 3.05) is 5.32 Å². The van der Waals surface area contributed by atoms with E-state index < -0.39 is 16.9 Å². The van der Waals surface area contributed by atoms with E-state index in [0.29, 0.717) is 16.5 Å². The molecule has 7 nitrogen and oxygen atoms in total. The van der Waals surface area contributed by atoms with Crippen molar-refractivity contribution in [2.24, 2.45) is 0 Å². The average molecular weight is 261 g/mol. The number of rotatable bonds is 4. The fraction of sp³-hybridized carbons (Fsp3) is 0.167. The van der Waals surface area contributed by atoms with Crippen molar-refractivity contribution in [3.05, 3.63) is 40.7 Å². The molecule has 1 aromatic heterocycles. The highest BCUT2D eigenvalue weighted by Gasteiger charge is 2.17. The van der Waals surface area contributed by atoms with E-state index in [1.807, 2.05) is 0 Å². The number of non-ortho nitro benzene ring substituents is 1. The number of nitrogens with one attached hydrogen (secondary N) is 1. The topological polar surface area (TPSA) is 105 Å². The number of anilines is 1. The molecule has 7 heteroatoms. The van der Waals surface area contributed by atoms with Gasteiger partial charge in [0.2, 0.25) is 0 Å². The third-order valence-corrected chi connectivity index (χ3v) is 2.73. The Morgan fingerprint density at radius 3 is 2.79 bits per heavy atom. The van der Waals surface area contributed by atoms with Crippen molar-refractivity contribution in [2.45, 2.75) is 13.0 Å². The van der Waals surface area contributed by atoms with Crippen LogP contribution in [0.15, 0.2) is 30.6 Å². The third kappa shape index (κ3) is 2.44. The van der Waals surface area contributed by atoms with Crippen LogP contribution in [-0.4, -0.2) is 27.0 Å². The zero-order valence-electron chi connectivity index (χ0n) is 10.0. The molecule has 0 spiro atoms. The molecule has 0 bridgehead atoms. The predicted molar refractivity (Wildman–Crippen MR) is 69.1 cm³/mol. The average Bonchev–Trinajstić information content (AvgIpc) is 2.38. The molecule has 0 aliphatic rings. The summed E-state index contributed by atoms with van der Waals surface area (Å²) in [4.78, 5) is 25.2. The molecule has 0 fully saturated rings. The first-order chi connectivity index (χ1) is 9.00. The number of nitro benzene ring substituents is 1. The summed E-state index contributed by atoms with van der Waals surface area (Å²) in [6, 6.07) is 3.56. The molecule has 2 N–H and O–H groups in total. The Balaban J connectivity index is 2.55. The van der Waals surface area contributed by atoms with Crippen LogP contribution in [0, 0.1) is 10.1 Å². The number of fused-ring (bicyclic) bond motifs is 1. The molecule has 1 atom stereocenters. The molecule has 0 aliphatic heterocycles. The molecule has 0 saturated heterocycles. The van der Waals surface area contributed by atoms with Crippen molar-refractivity contribution in [3.8, 4) is 0 Å². The number of hydrogen-bond donors (Lipinski definition) is 2. The minimum Gasteiger partial charge on any atom is -0.480 e. The third-order valence-electron chi connectivity index (χ3n) is 2.73. The minimum absolute atomic E-state index is 0.0362. The van der Waals surface area contributed by atoms with Gasteiger partial charge in [0.1, 0.15) is 6.04 Å². The fourth-order valence-electron chi connectivity index (χ4n) is 1.75. The number of nitro groups is 1. The van der Waals surface area contributed by atoms with Gasteiger partial charge in [-0.1, -0.05) is 0 Å². The van der Waals surface area contributed by atoms with E-state index >= 15 is 0 Å². The summed E-state index contributed by atoms with van der Waals surface area (Å²) in [6.07, 6.45) is 2.93. The fourth-order valence-corrected chi connectivity index (χ4v) is 1.75. The van der Waals surface area contributed by atoms with Crippen LogP contribution in [-0.2, 0) is 4.79 Å². The number of carboxylic acids is 1. The van der Waals surface area contributed by atoms with Crippen LogP contribution in [0.3, 0.4) is 0 Å². The van der Waals surface area contributed by atoms with Gasteiger partial charge in [-0.15, -0.1) is 0 Å². The molecule has 98 valence electrons. The van der Waals surface area contributed by atoms with Gasteiger partial charge >= 0.3 is 5.97 Å². The second-order valence-corrected chi connectivity index (χ2v) is 4.01. The van der Waals surface area contributed by atoms with Crippen LogP contribution in [0.2, 0.25) is 0 Å². The van der Waals surface area contributed by atoms with Crippen molar-refractivity contribution in [3.63, 3.8) is 0 Å². The van der Waals surface area contributed by atoms with Gasteiger partial charge in [-0.2, -0.15) is 0 Å². The Morgan fingerprint density at radius 2 is 2.16 bits per heavy atom. The van der Waals surface area contributed by atoms with Crippen LogP contribution >= 0.6 is 0 Å². The zero-order chi connectivity index (χ0) is 14.0. The molecule has 0 aliphatic carbocycles. The first-order valence-electron chi connectivity index (χ1n) is 5.51. The molecule has 2 aromatic rings. The van der Waals surface area contributed by atoms with Gasteiger partial charge in [-0.25, -0.2) is 0 Å². The lowest BCUT2D eigenvalue weighted by molar-refractivity contribution is -0.383. The van der Waals surface area contributed by atoms with E-state index in [1.165, 1.54) is 37.5 Å². The lowest BCUT2D eigenvalue weighted by Gasteiger charge is -2.13. The summed E-state index contributed by atoms with van der Waals surface area (Å²) < 4.78 is 0. The Morgan fingerprint density at radius 1 is 1.42 bits per heavy atom. The van der Waals surface area contributed by atoms with Crippen molar-refractivity contribution >= 4 is 28.1 Å². The largest absolute Gasteiger partial charge is 0.480 e. The molecule has 2 rings (SSSR count). The Bertz CT molecular complexity index is 656. The highest BCUT2D eigenvalue weighted by atomic mass is 16.6. The first-order valence-corrected chi connectivity index (χ1v) is 5.51. The summed E-state index contributed by atoms with van der Waals surface area (Å²) in [5, 5.41) is 23.5. The standard InChI is InChI=1S/C12H11N3O4/c1-7(12(16)17)14-10-2-3-11(15(18)19)8-4-5-13-6-9(8)10/h2-7,14H,1H3,(H,16,17). The van der Waals surface area contributed by atoms with Crippen LogP contribution in [0.1, 0.15) is 6.92 Å². The lowest BCUT2D eigenvalue weighted by atomic mass is 10.1. The quantitative estimate of drug-likeness (QED) is 0.644. The van der Waals surface area contributed by atoms with Gasteiger partial charge in [0.25, 0.3) is 5.69 Å². The van der Waals surface area contributed by atoms with E-state index in [2.05, 4.69) is 10.3 Å². The van der Waals surface area contributed by atoms with Crippen LogP contribution in [0.25, 0.3) is 10.8 Å². The molecular formula is C12H11N3O4. The summed E-state index contributed by atoms with van der Waals surface area (Å²) in [6.45, 7) is 1.49. The highest BCUT2D eigenvalue weighted by molar-refractivity contribution is 5.99. The molecule has 1 aromatic carbocycles. The maximum absolute atomic E-state index is 10.9. The maximum atomic E-state index is 10.9. The Kier molecular flexibility index (Phi) is 3.28. The zero-order valence-corrected chi connectivity index (χ0v) is 10.0. The van der Waals surface area contributed by atoms with E-state index in [1.54, 1.807) is 0 Å². The van der Waals surface area contributed by atoms with Gasteiger partial charge in [0.05, 0.1) is 10.3 Å². The first kappa shape index (κ1) is 12.7. The number of nitrogens with zero attached hydrogens (tertiary/aromatic N) is 2. The van der Waals surface area contributed by atoms with Gasteiger partial charge in [0, 0.05) is 29.5 Å². The summed E-state index contributed by atoms with van der Waals surface area (Å²) in [7, 11) is 0. The molecule has 19 heavy (non-hydrogen) atoms. The number of benzene rings is 1. The second-order valence-electron chi connectivity index (χ2n) is 4.01. The van der Waals surface area contributed by atoms with Gasteiger partial charge in [-0.05, 0) is 19.1 Å². The highest BCUT2D eigenvalue weighted by Crippen LogP contribution is 2.30. The molecule has 1 heterocycles. The second kappa shape index (κ2) is 4.89. The molecule has 0 amide bonds. The number of carboxylic acid groups (broad SMARTS) is 1. The van der Waals surface area contributed by atoms with Crippen molar-refractivity contribution in [1.82, 2.24) is 4.98 Å². The lowest BCUT2D eigenvalue weighted by Crippen LogP contribution is -2.25. The number of pyridine rings is 1. The van der Waals surface area contributed by atoms with Gasteiger partial charge in [0.15, 0.2) is 0 Å². The number of aromatic nitrogens is 1. The Hall–Kier alpha value is -2.70. The predicted octanol–water partition coefficient (Wildman–Crippen LogP) is 2.03. The van der Waals surface area contributed by atoms with Gasteiger partial charge < -0.3 is 10.4 Å². The van der Waals surface area contributed by atoms with Crippen molar-refractivity contribution < 1.29 is 14.8 Å². The normalized spacial score (nSPS) is 12.1. The van der Waals surface area contributed by atoms with E-state index in [0.717, 1.165) is 0 Å². The maximum Gasteiger partial charge on any atom is 0.325 e. The number of aliphatic carboxylic acids is 1. The SMILES string of the molecule is CC(Nc1ccc([N+](=O)[O-])c2ccncc12)C(=O)O. The van der Waals surface area contributed by atoms with E-state index in [9.17, 15) is 14.9 Å². The smallest absolute Gasteiger partial charge is 0.325 e.